The molecule has 0 bridgehead atoms. The van der Waals surface area contributed by atoms with Crippen LogP contribution < -0.4 is 9.64 Å². The van der Waals surface area contributed by atoms with Crippen molar-refractivity contribution in [2.75, 3.05) is 31.3 Å². The first-order chi connectivity index (χ1) is 8.79. The van der Waals surface area contributed by atoms with E-state index in [1.807, 2.05) is 0 Å². The standard InChI is InChI=1S/C11H14ClN3O3/c12-11-13-8(5-16)9-10(14-11)15-2-4-17-6-7(15)1-3-18-9/h7,16H,1-6H2. The highest BCUT2D eigenvalue weighted by molar-refractivity contribution is 6.28. The summed E-state index contributed by atoms with van der Waals surface area (Å²) in [7, 11) is 0. The van der Waals surface area contributed by atoms with Gasteiger partial charge >= 0.3 is 0 Å². The number of rotatable bonds is 1. The maximum Gasteiger partial charge on any atom is 0.224 e. The van der Waals surface area contributed by atoms with Gasteiger partial charge in [0.1, 0.15) is 5.69 Å². The first-order valence-corrected chi connectivity index (χ1v) is 6.32. The zero-order valence-electron chi connectivity index (χ0n) is 9.80. The quantitative estimate of drug-likeness (QED) is 0.755. The largest absolute Gasteiger partial charge is 0.488 e. The number of ether oxygens (including phenoxy) is 2. The van der Waals surface area contributed by atoms with Gasteiger partial charge in [0.05, 0.1) is 32.5 Å². The number of anilines is 1. The molecule has 0 radical (unpaired) electrons. The van der Waals surface area contributed by atoms with E-state index in [2.05, 4.69) is 14.9 Å². The number of fused-ring (bicyclic) bond motifs is 3. The van der Waals surface area contributed by atoms with E-state index < -0.39 is 0 Å². The molecule has 2 aliphatic rings. The van der Waals surface area contributed by atoms with Gasteiger partial charge in [0.2, 0.25) is 5.28 Å². The summed E-state index contributed by atoms with van der Waals surface area (Å²) in [5, 5.41) is 9.47. The Morgan fingerprint density at radius 1 is 1.39 bits per heavy atom. The van der Waals surface area contributed by atoms with Gasteiger partial charge in [0.25, 0.3) is 0 Å². The maximum atomic E-state index is 9.33. The molecular weight excluding hydrogens is 258 g/mol. The topological polar surface area (TPSA) is 67.7 Å². The summed E-state index contributed by atoms with van der Waals surface area (Å²) in [6.07, 6.45) is 0.860. The number of nitrogens with zero attached hydrogens (tertiary/aromatic N) is 3. The van der Waals surface area contributed by atoms with E-state index in [0.717, 1.165) is 13.0 Å². The van der Waals surface area contributed by atoms with Crippen LogP contribution in [-0.2, 0) is 11.3 Å². The fraction of sp³-hybridized carbons (Fsp3) is 0.636. The number of hydrogen-bond donors (Lipinski definition) is 1. The lowest BCUT2D eigenvalue weighted by Gasteiger charge is -2.34. The third kappa shape index (κ3) is 2.00. The number of hydrogen-bond acceptors (Lipinski definition) is 6. The van der Waals surface area contributed by atoms with Crippen LogP contribution in [-0.4, -0.2) is 47.5 Å². The predicted octanol–water partition coefficient (Wildman–Crippen LogP) is 0.610. The maximum absolute atomic E-state index is 9.33. The molecule has 1 unspecified atom stereocenters. The molecule has 7 heteroatoms. The Balaban J connectivity index is 2.08. The van der Waals surface area contributed by atoms with Gasteiger partial charge in [-0.25, -0.2) is 4.98 Å². The molecule has 0 aromatic carbocycles. The molecule has 3 rings (SSSR count). The molecule has 2 aliphatic heterocycles. The van der Waals surface area contributed by atoms with Gasteiger partial charge in [-0.15, -0.1) is 0 Å². The molecule has 1 aromatic heterocycles. The first-order valence-electron chi connectivity index (χ1n) is 5.94. The zero-order chi connectivity index (χ0) is 12.5. The van der Waals surface area contributed by atoms with Crippen molar-refractivity contribution in [1.82, 2.24) is 9.97 Å². The summed E-state index contributed by atoms with van der Waals surface area (Å²) in [6, 6.07) is 0.248. The van der Waals surface area contributed by atoms with Crippen molar-refractivity contribution >= 4 is 17.4 Å². The number of morpholine rings is 1. The minimum absolute atomic E-state index is 0.133. The molecule has 0 spiro atoms. The van der Waals surface area contributed by atoms with Crippen molar-refractivity contribution in [2.45, 2.75) is 19.1 Å². The zero-order valence-corrected chi connectivity index (χ0v) is 10.6. The normalized spacial score (nSPS) is 22.8. The SMILES string of the molecule is OCc1nc(Cl)nc2c1OCCC1COCCN21. The van der Waals surface area contributed by atoms with E-state index in [1.165, 1.54) is 0 Å². The molecule has 0 amide bonds. The minimum Gasteiger partial charge on any atom is -0.488 e. The van der Waals surface area contributed by atoms with Crippen LogP contribution in [0.2, 0.25) is 5.28 Å². The number of aliphatic hydroxyl groups is 1. The summed E-state index contributed by atoms with van der Waals surface area (Å²) in [6.45, 7) is 2.43. The van der Waals surface area contributed by atoms with Gasteiger partial charge in [-0.2, -0.15) is 4.98 Å². The Hall–Kier alpha value is -1.11. The van der Waals surface area contributed by atoms with Crippen LogP contribution in [0, 0.1) is 0 Å². The molecule has 1 atom stereocenters. The van der Waals surface area contributed by atoms with Crippen LogP contribution in [0.25, 0.3) is 0 Å². The van der Waals surface area contributed by atoms with E-state index in [9.17, 15) is 5.11 Å². The van der Waals surface area contributed by atoms with Crippen molar-refractivity contribution in [3.8, 4) is 5.75 Å². The molecule has 3 heterocycles. The van der Waals surface area contributed by atoms with Crippen LogP contribution in [0.5, 0.6) is 5.75 Å². The highest BCUT2D eigenvalue weighted by atomic mass is 35.5. The second kappa shape index (κ2) is 4.87. The van der Waals surface area contributed by atoms with Crippen LogP contribution in [0.4, 0.5) is 5.82 Å². The van der Waals surface area contributed by atoms with Crippen molar-refractivity contribution in [1.29, 1.82) is 0 Å². The van der Waals surface area contributed by atoms with Crippen molar-refractivity contribution in [3.63, 3.8) is 0 Å². The van der Waals surface area contributed by atoms with Crippen LogP contribution in [0.3, 0.4) is 0 Å². The first kappa shape index (κ1) is 12.0. The number of aromatic nitrogens is 2. The summed E-state index contributed by atoms with van der Waals surface area (Å²) >= 11 is 5.90. The molecule has 1 saturated heterocycles. The van der Waals surface area contributed by atoms with Crippen molar-refractivity contribution in [2.24, 2.45) is 0 Å². The Kier molecular flexibility index (Phi) is 3.23. The lowest BCUT2D eigenvalue weighted by molar-refractivity contribution is 0.0894. The van der Waals surface area contributed by atoms with Crippen LogP contribution in [0.15, 0.2) is 0 Å². The van der Waals surface area contributed by atoms with Gasteiger partial charge in [-0.1, -0.05) is 0 Å². The molecule has 0 aliphatic carbocycles. The lowest BCUT2D eigenvalue weighted by atomic mass is 10.1. The molecular formula is C11H14ClN3O3. The molecule has 0 saturated carbocycles. The Labute approximate surface area is 109 Å². The van der Waals surface area contributed by atoms with Crippen molar-refractivity contribution < 1.29 is 14.6 Å². The fourth-order valence-electron chi connectivity index (χ4n) is 2.37. The Morgan fingerprint density at radius 2 is 2.28 bits per heavy atom. The van der Waals surface area contributed by atoms with E-state index in [0.29, 0.717) is 37.1 Å². The second-order valence-corrected chi connectivity index (χ2v) is 4.65. The molecule has 98 valence electrons. The summed E-state index contributed by atoms with van der Waals surface area (Å²) in [4.78, 5) is 10.4. The van der Waals surface area contributed by atoms with Gasteiger partial charge in [-0.05, 0) is 11.6 Å². The lowest BCUT2D eigenvalue weighted by Crippen LogP contribution is -2.45. The fourth-order valence-corrected chi connectivity index (χ4v) is 2.56. The third-order valence-corrected chi connectivity index (χ3v) is 3.41. The van der Waals surface area contributed by atoms with Crippen LogP contribution >= 0.6 is 11.6 Å². The van der Waals surface area contributed by atoms with Gasteiger partial charge < -0.3 is 19.5 Å². The number of aliphatic hydroxyl groups excluding tert-OH is 1. The minimum atomic E-state index is -0.209. The highest BCUT2D eigenvalue weighted by Gasteiger charge is 2.31. The van der Waals surface area contributed by atoms with Crippen molar-refractivity contribution in [3.05, 3.63) is 11.0 Å². The molecule has 1 aromatic rings. The monoisotopic (exact) mass is 271 g/mol. The Morgan fingerprint density at radius 3 is 3.11 bits per heavy atom. The van der Waals surface area contributed by atoms with Crippen LogP contribution in [0.1, 0.15) is 12.1 Å². The molecule has 18 heavy (non-hydrogen) atoms. The molecule has 1 N–H and O–H groups in total. The van der Waals surface area contributed by atoms with Gasteiger partial charge in [-0.3, -0.25) is 0 Å². The predicted molar refractivity (Wildman–Crippen MR) is 65.0 cm³/mol. The van der Waals surface area contributed by atoms with Gasteiger partial charge in [0.15, 0.2) is 11.6 Å². The van der Waals surface area contributed by atoms with E-state index in [1.54, 1.807) is 0 Å². The summed E-state index contributed by atoms with van der Waals surface area (Å²) < 4.78 is 11.1. The third-order valence-electron chi connectivity index (χ3n) is 3.24. The van der Waals surface area contributed by atoms with E-state index in [-0.39, 0.29) is 17.9 Å². The summed E-state index contributed by atoms with van der Waals surface area (Å²) in [5.74, 6) is 1.22. The number of halogens is 1. The highest BCUT2D eigenvalue weighted by Crippen LogP contribution is 2.35. The summed E-state index contributed by atoms with van der Waals surface area (Å²) in [5.41, 5.74) is 0.442. The average Bonchev–Trinajstić information content (AvgIpc) is 2.57. The second-order valence-electron chi connectivity index (χ2n) is 4.31. The van der Waals surface area contributed by atoms with E-state index in [4.69, 9.17) is 21.1 Å². The molecule has 1 fully saturated rings. The Bertz CT molecular complexity index is 457. The van der Waals surface area contributed by atoms with E-state index >= 15 is 0 Å². The smallest absolute Gasteiger partial charge is 0.224 e. The molecule has 6 nitrogen and oxygen atoms in total. The average molecular weight is 272 g/mol. The van der Waals surface area contributed by atoms with Gasteiger partial charge in [0, 0.05) is 13.0 Å².